The minimum atomic E-state index is -1.25. The number of hydrogen-bond donors (Lipinski definition) is 5. The molecule has 1 saturated heterocycles. The first kappa shape index (κ1) is 40.2. The summed E-state index contributed by atoms with van der Waals surface area (Å²) in [5.74, 6) is -4.27. The molecule has 3 aliphatic rings. The molecular formula is C39H48F2N6O7. The molecule has 15 heteroatoms. The molecule has 5 atom stereocenters. The van der Waals surface area contributed by atoms with E-state index < -0.39 is 71.7 Å². The lowest BCUT2D eigenvalue weighted by Gasteiger charge is -2.42. The number of nitrogens with two attached hydrogens (primary N) is 1. The highest BCUT2D eigenvalue weighted by Gasteiger charge is 2.46. The number of carboxylic acid groups (broad SMARTS) is 1. The lowest BCUT2D eigenvalue weighted by Crippen LogP contribution is -2.50. The van der Waals surface area contributed by atoms with Gasteiger partial charge in [0.1, 0.15) is 36.6 Å². The van der Waals surface area contributed by atoms with E-state index in [0.717, 1.165) is 46.1 Å². The fraction of sp³-hybridized carbons (Fsp3) is 0.436. The number of nitrogens with zero attached hydrogens (tertiary/aromatic N) is 3. The molecule has 0 aromatic heterocycles. The second-order valence-corrected chi connectivity index (χ2v) is 14.8. The van der Waals surface area contributed by atoms with Crippen LogP contribution in [-0.2, 0) is 30.5 Å². The maximum Gasteiger partial charge on any atom is 0.322 e. The summed E-state index contributed by atoms with van der Waals surface area (Å²) in [6.45, 7) is 7.87. The summed E-state index contributed by atoms with van der Waals surface area (Å²) in [4.78, 5) is 52.7. The summed E-state index contributed by atoms with van der Waals surface area (Å²) in [7, 11) is 0. The standard InChI is InChI=1S/C39H48F2N6O7/c1-23(22-48)46(15-14-29(42)35-37(54-35)44-30(38(52)53)18-43-32(49)21-47-33(50)12-13-34(47)51)36(39(2,3)4)31-16-25(27-17-26(40)10-11-28(27)41)20-45(31)19-24-8-6-5-7-9-24/h5-13,17,20,23,29-30,35,37,44,48H,14-16,18-19,21-22,42H2,1-4H3,(H,43,49)(H,52,53)/b36-31+/t23?,29-,30?,35?,37?/m0/s1. The summed E-state index contributed by atoms with van der Waals surface area (Å²) in [5, 5.41) is 25.5. The van der Waals surface area contributed by atoms with Gasteiger partial charge in [-0.25, -0.2) is 8.78 Å². The number of allylic oxidation sites excluding steroid dienone is 2. The molecule has 1 fully saturated rings. The number of epoxide rings is 1. The van der Waals surface area contributed by atoms with Crippen LogP contribution in [0.3, 0.4) is 0 Å². The molecule has 3 aliphatic heterocycles. The molecule has 2 aromatic carbocycles. The van der Waals surface area contributed by atoms with Crippen LogP contribution >= 0.6 is 0 Å². The maximum atomic E-state index is 15.1. The third-order valence-corrected chi connectivity index (χ3v) is 9.57. The van der Waals surface area contributed by atoms with Crippen molar-refractivity contribution in [3.05, 3.63) is 101 Å². The van der Waals surface area contributed by atoms with Crippen LogP contribution in [0.5, 0.6) is 0 Å². The third-order valence-electron chi connectivity index (χ3n) is 9.57. The lowest BCUT2D eigenvalue weighted by molar-refractivity contribution is -0.142. The van der Waals surface area contributed by atoms with Gasteiger partial charge >= 0.3 is 5.97 Å². The van der Waals surface area contributed by atoms with E-state index in [2.05, 4.69) is 41.2 Å². The zero-order valence-corrected chi connectivity index (χ0v) is 30.8. The number of hydrogen-bond acceptors (Lipinski definition) is 10. The van der Waals surface area contributed by atoms with Crippen LogP contribution in [0.4, 0.5) is 8.78 Å². The van der Waals surface area contributed by atoms with Gasteiger partial charge in [0.15, 0.2) is 0 Å². The first-order valence-corrected chi connectivity index (χ1v) is 17.8. The highest BCUT2D eigenvalue weighted by atomic mass is 19.1. The van der Waals surface area contributed by atoms with Crippen LogP contribution < -0.4 is 16.4 Å². The number of ether oxygens (including phenoxy) is 1. The number of aliphatic carboxylic acids is 1. The number of carbonyl (C=O) groups is 4. The van der Waals surface area contributed by atoms with Crippen LogP contribution in [-0.4, -0.2) is 105 Å². The number of aliphatic hydroxyl groups excluding tert-OH is 1. The fourth-order valence-corrected chi connectivity index (χ4v) is 6.78. The number of rotatable bonds is 17. The predicted molar refractivity (Wildman–Crippen MR) is 195 cm³/mol. The van der Waals surface area contributed by atoms with Crippen molar-refractivity contribution in [3.63, 3.8) is 0 Å². The summed E-state index contributed by atoms with van der Waals surface area (Å²) in [6, 6.07) is 11.1. The number of carboxylic acids is 1. The molecule has 0 saturated carbocycles. The number of imide groups is 1. The van der Waals surface area contributed by atoms with E-state index in [1.807, 2.05) is 43.5 Å². The smallest absolute Gasteiger partial charge is 0.322 e. The Hall–Kier alpha value is -4.96. The SMILES string of the molecule is CC(CO)N(CC[C@H](N)C1OC1NC(CNC(=O)CN1C(=O)C=CC1=O)C(=O)O)/C(=C1\CC(c2cc(F)ccc2F)=CN1Cc1ccccc1)C(C)(C)C. The lowest BCUT2D eigenvalue weighted by atomic mass is 9.86. The molecule has 0 aliphatic carbocycles. The molecule has 54 heavy (non-hydrogen) atoms. The molecule has 3 heterocycles. The van der Waals surface area contributed by atoms with Crippen molar-refractivity contribution in [3.8, 4) is 0 Å². The molecule has 4 unspecified atom stereocenters. The van der Waals surface area contributed by atoms with Crippen molar-refractivity contribution in [2.24, 2.45) is 11.1 Å². The van der Waals surface area contributed by atoms with Gasteiger partial charge in [-0.2, -0.15) is 0 Å². The fourth-order valence-electron chi connectivity index (χ4n) is 6.78. The Kier molecular flexibility index (Phi) is 12.7. The Balaban J connectivity index is 1.30. The third kappa shape index (κ3) is 9.77. The molecule has 13 nitrogen and oxygen atoms in total. The molecule has 2 aromatic rings. The number of carbonyl (C=O) groups excluding carboxylic acids is 3. The predicted octanol–water partition coefficient (Wildman–Crippen LogP) is 2.68. The largest absolute Gasteiger partial charge is 0.480 e. The van der Waals surface area contributed by atoms with Crippen molar-refractivity contribution < 1.29 is 42.9 Å². The normalized spacial score (nSPS) is 20.9. The minimum Gasteiger partial charge on any atom is -0.480 e. The first-order chi connectivity index (χ1) is 25.6. The summed E-state index contributed by atoms with van der Waals surface area (Å²) in [5.41, 5.74) is 9.72. The van der Waals surface area contributed by atoms with Crippen molar-refractivity contribution in [1.29, 1.82) is 0 Å². The van der Waals surface area contributed by atoms with Gasteiger partial charge in [0.05, 0.1) is 6.61 Å². The summed E-state index contributed by atoms with van der Waals surface area (Å²) in [6.07, 6.45) is 3.40. The molecule has 0 radical (unpaired) electrons. The van der Waals surface area contributed by atoms with Gasteiger partial charge in [0.25, 0.3) is 11.8 Å². The molecular weight excluding hydrogens is 702 g/mol. The van der Waals surface area contributed by atoms with Crippen LogP contribution in [0.25, 0.3) is 5.57 Å². The number of benzene rings is 2. The summed E-state index contributed by atoms with van der Waals surface area (Å²) >= 11 is 0. The van der Waals surface area contributed by atoms with Crippen molar-refractivity contribution >= 4 is 29.3 Å². The Bertz CT molecular complexity index is 1810. The highest BCUT2D eigenvalue weighted by molar-refractivity contribution is 6.14. The Morgan fingerprint density at radius 1 is 1.09 bits per heavy atom. The van der Waals surface area contributed by atoms with E-state index in [1.54, 1.807) is 0 Å². The monoisotopic (exact) mass is 750 g/mol. The van der Waals surface area contributed by atoms with E-state index in [4.69, 9.17) is 10.5 Å². The quantitative estimate of drug-likeness (QED) is 0.119. The van der Waals surface area contributed by atoms with Crippen molar-refractivity contribution in [2.45, 2.75) is 77.5 Å². The van der Waals surface area contributed by atoms with Gasteiger partial charge in [-0.3, -0.25) is 29.4 Å². The average Bonchev–Trinajstić information content (AvgIpc) is 3.69. The number of nitrogens with one attached hydrogen (secondary N) is 2. The molecule has 5 rings (SSSR count). The highest BCUT2D eigenvalue weighted by Crippen LogP contribution is 2.43. The molecule has 0 bridgehead atoms. The molecule has 0 spiro atoms. The van der Waals surface area contributed by atoms with Crippen molar-refractivity contribution in [2.75, 3.05) is 26.2 Å². The Morgan fingerprint density at radius 3 is 2.41 bits per heavy atom. The Morgan fingerprint density at radius 2 is 1.78 bits per heavy atom. The summed E-state index contributed by atoms with van der Waals surface area (Å²) < 4.78 is 35.2. The van der Waals surface area contributed by atoms with E-state index >= 15 is 4.39 Å². The number of amides is 3. The topological polar surface area (TPSA) is 181 Å². The van der Waals surface area contributed by atoms with E-state index in [-0.39, 0.29) is 24.8 Å². The maximum absolute atomic E-state index is 15.1. The molecule has 6 N–H and O–H groups in total. The van der Waals surface area contributed by atoms with Crippen LogP contribution in [0, 0.1) is 17.0 Å². The molecule has 290 valence electrons. The minimum absolute atomic E-state index is 0.174. The van der Waals surface area contributed by atoms with Gasteiger partial charge in [-0.15, -0.1) is 0 Å². The van der Waals surface area contributed by atoms with Gasteiger partial charge in [-0.05, 0) is 42.7 Å². The van der Waals surface area contributed by atoms with Gasteiger partial charge in [0, 0.05) is 78.9 Å². The zero-order chi connectivity index (χ0) is 39.3. The van der Waals surface area contributed by atoms with Gasteiger partial charge in [-0.1, -0.05) is 51.1 Å². The van der Waals surface area contributed by atoms with Crippen LogP contribution in [0.15, 0.2) is 78.3 Å². The number of halogens is 2. The van der Waals surface area contributed by atoms with Crippen molar-refractivity contribution in [1.82, 2.24) is 25.3 Å². The van der Waals surface area contributed by atoms with E-state index in [9.17, 15) is 33.8 Å². The first-order valence-electron chi connectivity index (χ1n) is 17.8. The second-order valence-electron chi connectivity index (χ2n) is 14.8. The van der Waals surface area contributed by atoms with Crippen LogP contribution in [0.1, 0.15) is 51.7 Å². The Labute approximate surface area is 313 Å². The average molecular weight is 751 g/mol. The second kappa shape index (κ2) is 17.0. The van der Waals surface area contributed by atoms with Gasteiger partial charge in [0.2, 0.25) is 5.91 Å². The zero-order valence-electron chi connectivity index (χ0n) is 30.8. The number of aliphatic hydroxyl groups is 1. The van der Waals surface area contributed by atoms with E-state index in [1.165, 1.54) is 6.07 Å². The van der Waals surface area contributed by atoms with Gasteiger partial charge < -0.3 is 35.8 Å². The van der Waals surface area contributed by atoms with E-state index in [0.29, 0.717) is 31.5 Å². The van der Waals surface area contributed by atoms with Crippen LogP contribution in [0.2, 0.25) is 0 Å². The molecule has 3 amide bonds.